The van der Waals surface area contributed by atoms with E-state index in [2.05, 4.69) is 20.8 Å². The van der Waals surface area contributed by atoms with Crippen LogP contribution in [0.4, 0.5) is 0 Å². The number of hydrazine groups is 1. The Morgan fingerprint density at radius 1 is 1.04 bits per heavy atom. The van der Waals surface area contributed by atoms with Crippen LogP contribution in [-0.2, 0) is 4.79 Å². The van der Waals surface area contributed by atoms with E-state index in [1.807, 2.05) is 36.4 Å². The molecule has 0 saturated carbocycles. The molecule has 6 heteroatoms. The standard InChI is InChI=1S/C19H18N4O2/c1-12(2)18(24)22-23-19(25)15-10-17(13-6-5-9-20-11-13)21-16-8-4-3-7-14(15)16/h3-12H,1-2H3,(H,22,24)(H,23,25). The first-order valence-corrected chi connectivity index (χ1v) is 7.96. The molecule has 0 unspecified atom stereocenters. The average Bonchev–Trinajstić information content (AvgIpc) is 2.65. The van der Waals surface area contributed by atoms with Crippen molar-refractivity contribution in [2.45, 2.75) is 13.8 Å². The monoisotopic (exact) mass is 334 g/mol. The van der Waals surface area contributed by atoms with Crippen LogP contribution in [0.1, 0.15) is 24.2 Å². The molecule has 0 fully saturated rings. The maximum Gasteiger partial charge on any atom is 0.270 e. The van der Waals surface area contributed by atoms with E-state index in [4.69, 9.17) is 0 Å². The van der Waals surface area contributed by atoms with Gasteiger partial charge in [0.1, 0.15) is 0 Å². The second-order valence-corrected chi connectivity index (χ2v) is 5.91. The summed E-state index contributed by atoms with van der Waals surface area (Å²) >= 11 is 0. The lowest BCUT2D eigenvalue weighted by atomic mass is 10.0. The van der Waals surface area contributed by atoms with Crippen molar-refractivity contribution in [2.24, 2.45) is 5.92 Å². The van der Waals surface area contributed by atoms with Crippen LogP contribution in [0.25, 0.3) is 22.2 Å². The Morgan fingerprint density at radius 3 is 2.56 bits per heavy atom. The molecule has 6 nitrogen and oxygen atoms in total. The number of pyridine rings is 2. The molecule has 0 radical (unpaired) electrons. The van der Waals surface area contributed by atoms with Crippen LogP contribution in [0, 0.1) is 5.92 Å². The van der Waals surface area contributed by atoms with Gasteiger partial charge in [0.25, 0.3) is 5.91 Å². The zero-order chi connectivity index (χ0) is 17.8. The van der Waals surface area contributed by atoms with E-state index in [0.29, 0.717) is 22.2 Å². The molecule has 0 saturated heterocycles. The molecule has 0 spiro atoms. The van der Waals surface area contributed by atoms with Crippen molar-refractivity contribution in [3.63, 3.8) is 0 Å². The van der Waals surface area contributed by atoms with Crippen LogP contribution in [0.2, 0.25) is 0 Å². The van der Waals surface area contributed by atoms with Gasteiger partial charge in [0.2, 0.25) is 5.91 Å². The van der Waals surface area contributed by atoms with Crippen LogP contribution >= 0.6 is 0 Å². The van der Waals surface area contributed by atoms with Crippen molar-refractivity contribution < 1.29 is 9.59 Å². The molecule has 126 valence electrons. The van der Waals surface area contributed by atoms with Crippen molar-refractivity contribution in [2.75, 3.05) is 0 Å². The minimum Gasteiger partial charge on any atom is -0.273 e. The number of rotatable bonds is 3. The SMILES string of the molecule is CC(C)C(=O)NNC(=O)c1cc(-c2cccnc2)nc2ccccc12. The second kappa shape index (κ2) is 7.09. The number of hydrogen-bond donors (Lipinski definition) is 2. The van der Waals surface area contributed by atoms with E-state index in [1.54, 1.807) is 32.3 Å². The van der Waals surface area contributed by atoms with Crippen LogP contribution in [-0.4, -0.2) is 21.8 Å². The van der Waals surface area contributed by atoms with Crippen molar-refractivity contribution in [1.82, 2.24) is 20.8 Å². The number of carbonyl (C=O) groups excluding carboxylic acids is 2. The van der Waals surface area contributed by atoms with Crippen LogP contribution < -0.4 is 10.9 Å². The Balaban J connectivity index is 2.01. The third kappa shape index (κ3) is 3.63. The van der Waals surface area contributed by atoms with Crippen LogP contribution in [0.5, 0.6) is 0 Å². The van der Waals surface area contributed by atoms with Crippen LogP contribution in [0.3, 0.4) is 0 Å². The summed E-state index contributed by atoms with van der Waals surface area (Å²) in [6.07, 6.45) is 3.37. The lowest BCUT2D eigenvalue weighted by Gasteiger charge is -2.12. The number of nitrogens with zero attached hydrogens (tertiary/aromatic N) is 2. The summed E-state index contributed by atoms with van der Waals surface area (Å²) in [6, 6.07) is 12.8. The van der Waals surface area contributed by atoms with Gasteiger partial charge in [0.15, 0.2) is 0 Å². The van der Waals surface area contributed by atoms with E-state index < -0.39 is 5.91 Å². The molecule has 0 aliphatic carbocycles. The van der Waals surface area contributed by atoms with Gasteiger partial charge in [-0.3, -0.25) is 25.4 Å². The largest absolute Gasteiger partial charge is 0.273 e. The van der Waals surface area contributed by atoms with E-state index >= 15 is 0 Å². The van der Waals surface area contributed by atoms with Gasteiger partial charge in [-0.1, -0.05) is 32.0 Å². The molecule has 2 N–H and O–H groups in total. The Kier molecular flexibility index (Phi) is 4.70. The lowest BCUT2D eigenvalue weighted by molar-refractivity contribution is -0.124. The third-order valence-corrected chi connectivity index (χ3v) is 3.74. The average molecular weight is 334 g/mol. The maximum atomic E-state index is 12.6. The Hall–Kier alpha value is -3.28. The van der Waals surface area contributed by atoms with E-state index in [9.17, 15) is 9.59 Å². The fourth-order valence-corrected chi connectivity index (χ4v) is 2.36. The number of hydrogen-bond acceptors (Lipinski definition) is 4. The number of nitrogens with one attached hydrogen (secondary N) is 2. The Bertz CT molecular complexity index is 923. The normalized spacial score (nSPS) is 10.7. The molecule has 1 aromatic carbocycles. The number of aromatic nitrogens is 2. The van der Waals surface area contributed by atoms with Gasteiger partial charge >= 0.3 is 0 Å². The molecule has 3 aromatic rings. The molecule has 25 heavy (non-hydrogen) atoms. The van der Waals surface area contributed by atoms with Gasteiger partial charge < -0.3 is 0 Å². The highest BCUT2D eigenvalue weighted by Crippen LogP contribution is 2.24. The van der Waals surface area contributed by atoms with Crippen molar-refractivity contribution >= 4 is 22.7 Å². The van der Waals surface area contributed by atoms with Gasteiger partial charge in [0.05, 0.1) is 16.8 Å². The zero-order valence-electron chi connectivity index (χ0n) is 14.0. The predicted octanol–water partition coefficient (Wildman–Crippen LogP) is 2.71. The summed E-state index contributed by atoms with van der Waals surface area (Å²) in [5.74, 6) is -0.864. The topological polar surface area (TPSA) is 84.0 Å². The van der Waals surface area contributed by atoms with E-state index in [1.165, 1.54) is 0 Å². The first-order valence-electron chi connectivity index (χ1n) is 7.96. The van der Waals surface area contributed by atoms with Gasteiger partial charge in [0, 0.05) is 29.3 Å². The maximum absolute atomic E-state index is 12.6. The fourth-order valence-electron chi connectivity index (χ4n) is 2.36. The molecular formula is C19H18N4O2. The zero-order valence-corrected chi connectivity index (χ0v) is 14.0. The van der Waals surface area contributed by atoms with E-state index in [0.717, 1.165) is 5.56 Å². The van der Waals surface area contributed by atoms with Gasteiger partial charge in [-0.15, -0.1) is 0 Å². The smallest absolute Gasteiger partial charge is 0.270 e. The highest BCUT2D eigenvalue weighted by Gasteiger charge is 2.15. The fraction of sp³-hybridized carbons (Fsp3) is 0.158. The second-order valence-electron chi connectivity index (χ2n) is 5.91. The quantitative estimate of drug-likeness (QED) is 0.721. The number of benzene rings is 1. The number of fused-ring (bicyclic) bond motifs is 1. The summed E-state index contributed by atoms with van der Waals surface area (Å²) < 4.78 is 0. The van der Waals surface area contributed by atoms with E-state index in [-0.39, 0.29) is 11.8 Å². The van der Waals surface area contributed by atoms with Crippen LogP contribution in [0.15, 0.2) is 54.9 Å². The van der Waals surface area contributed by atoms with Crippen molar-refractivity contribution in [3.8, 4) is 11.3 Å². The predicted molar refractivity (Wildman–Crippen MR) is 95.4 cm³/mol. The Labute approximate surface area is 145 Å². The minimum absolute atomic E-state index is 0.222. The number of para-hydroxylation sites is 1. The van der Waals surface area contributed by atoms with Crippen molar-refractivity contribution in [1.29, 1.82) is 0 Å². The molecule has 0 aliphatic rings. The molecule has 2 aromatic heterocycles. The molecular weight excluding hydrogens is 316 g/mol. The summed E-state index contributed by atoms with van der Waals surface area (Å²) in [5, 5.41) is 0.714. The lowest BCUT2D eigenvalue weighted by Crippen LogP contribution is -2.43. The third-order valence-electron chi connectivity index (χ3n) is 3.74. The minimum atomic E-state index is -0.391. The highest BCUT2D eigenvalue weighted by atomic mass is 16.2. The van der Waals surface area contributed by atoms with Gasteiger partial charge in [-0.2, -0.15) is 0 Å². The molecule has 2 heterocycles. The summed E-state index contributed by atoms with van der Waals surface area (Å²) in [6.45, 7) is 3.51. The molecule has 0 aliphatic heterocycles. The summed E-state index contributed by atoms with van der Waals surface area (Å²) in [5.41, 5.74) is 7.50. The number of carbonyl (C=O) groups is 2. The van der Waals surface area contributed by atoms with Gasteiger partial charge in [-0.05, 0) is 24.3 Å². The number of amides is 2. The molecule has 3 rings (SSSR count). The first-order chi connectivity index (χ1) is 12.1. The first kappa shape index (κ1) is 16.6. The molecule has 0 bridgehead atoms. The summed E-state index contributed by atoms with van der Waals surface area (Å²) in [4.78, 5) is 33.0. The molecule has 2 amide bonds. The summed E-state index contributed by atoms with van der Waals surface area (Å²) in [7, 11) is 0. The highest BCUT2D eigenvalue weighted by molar-refractivity contribution is 6.07. The Morgan fingerprint density at radius 2 is 1.84 bits per heavy atom. The molecule has 0 atom stereocenters. The van der Waals surface area contributed by atoms with Gasteiger partial charge in [-0.25, -0.2) is 4.98 Å². The van der Waals surface area contributed by atoms with Crippen molar-refractivity contribution in [3.05, 3.63) is 60.4 Å².